The first-order valence-corrected chi connectivity index (χ1v) is 21.0. The lowest BCUT2D eigenvalue weighted by Gasteiger charge is -2.16. The Morgan fingerprint density at radius 1 is 0.194 bits per heavy atom. The van der Waals surface area contributed by atoms with E-state index in [4.69, 9.17) is 15.0 Å². The molecular weight excluding hydrogens is 751 g/mol. The summed E-state index contributed by atoms with van der Waals surface area (Å²) in [5, 5.41) is 4.71. The molecule has 3 heteroatoms. The average molecular weight is 790 g/mol. The molecule has 0 amide bonds. The molecule has 0 aliphatic heterocycles. The van der Waals surface area contributed by atoms with Crippen LogP contribution in [0.3, 0.4) is 0 Å². The maximum Gasteiger partial charge on any atom is 0.160 e. The topological polar surface area (TPSA) is 38.7 Å². The van der Waals surface area contributed by atoms with Crippen LogP contribution in [0.1, 0.15) is 0 Å². The summed E-state index contributed by atoms with van der Waals surface area (Å²) >= 11 is 0. The van der Waals surface area contributed by atoms with Gasteiger partial charge in [0.1, 0.15) is 0 Å². The number of hydrogen-bond donors (Lipinski definition) is 0. The Labute approximate surface area is 361 Å². The van der Waals surface area contributed by atoms with Crippen molar-refractivity contribution in [3.05, 3.63) is 237 Å². The molecule has 0 atom stereocenters. The van der Waals surface area contributed by atoms with Crippen molar-refractivity contribution in [2.75, 3.05) is 0 Å². The van der Waals surface area contributed by atoms with Crippen LogP contribution in [-0.2, 0) is 0 Å². The van der Waals surface area contributed by atoms with Crippen molar-refractivity contribution < 1.29 is 0 Å². The van der Waals surface area contributed by atoms with Crippen molar-refractivity contribution >= 4 is 21.5 Å². The van der Waals surface area contributed by atoms with E-state index < -0.39 is 0 Å². The molecule has 0 N–H and O–H groups in total. The van der Waals surface area contributed by atoms with Gasteiger partial charge in [0.15, 0.2) is 5.82 Å². The number of fused-ring (bicyclic) bond motifs is 2. The summed E-state index contributed by atoms with van der Waals surface area (Å²) in [5.41, 5.74) is 16.0. The van der Waals surface area contributed by atoms with Crippen LogP contribution in [0.4, 0.5) is 0 Å². The van der Waals surface area contributed by atoms with Crippen molar-refractivity contribution in [1.29, 1.82) is 0 Å². The second-order valence-electron chi connectivity index (χ2n) is 15.5. The van der Waals surface area contributed by atoms with Gasteiger partial charge in [0, 0.05) is 27.8 Å². The van der Waals surface area contributed by atoms with Crippen LogP contribution >= 0.6 is 0 Å². The van der Waals surface area contributed by atoms with Gasteiger partial charge in [-0.1, -0.05) is 212 Å². The second kappa shape index (κ2) is 16.1. The van der Waals surface area contributed by atoms with E-state index >= 15 is 0 Å². The van der Waals surface area contributed by atoms with E-state index in [0.717, 1.165) is 67.1 Å². The molecule has 9 aromatic carbocycles. The predicted octanol–water partition coefficient (Wildman–Crippen LogP) is 15.5. The lowest BCUT2D eigenvalue weighted by molar-refractivity contribution is 1.18. The van der Waals surface area contributed by atoms with E-state index in [2.05, 4.69) is 200 Å². The Balaban J connectivity index is 1.02. The molecule has 0 saturated carbocycles. The molecule has 0 fully saturated rings. The summed E-state index contributed by atoms with van der Waals surface area (Å²) < 4.78 is 0. The van der Waals surface area contributed by atoms with Gasteiger partial charge >= 0.3 is 0 Å². The van der Waals surface area contributed by atoms with E-state index in [-0.39, 0.29) is 0 Å². The first kappa shape index (κ1) is 36.8. The van der Waals surface area contributed by atoms with Crippen LogP contribution in [0.2, 0.25) is 0 Å². The Morgan fingerprint density at radius 3 is 1.00 bits per heavy atom. The Kier molecular flexibility index (Phi) is 9.53. The van der Waals surface area contributed by atoms with Gasteiger partial charge in [-0.15, -0.1) is 0 Å². The molecular formula is C59H39N3. The molecule has 11 aromatic rings. The van der Waals surface area contributed by atoms with E-state index in [9.17, 15) is 0 Å². The lowest BCUT2D eigenvalue weighted by Crippen LogP contribution is -1.96. The predicted molar refractivity (Wildman–Crippen MR) is 258 cm³/mol. The number of nitrogens with zero attached hydrogens (tertiary/aromatic N) is 3. The van der Waals surface area contributed by atoms with Gasteiger partial charge in [0.2, 0.25) is 0 Å². The molecule has 0 saturated heterocycles. The second-order valence-corrected chi connectivity index (χ2v) is 15.5. The van der Waals surface area contributed by atoms with E-state index in [1.54, 1.807) is 0 Å². The standard InChI is InChI=1S/C59H39N3/c1-5-18-40(19-6-1)55-37-46(38-56(60-55)41-20-7-2-8-21-41)49-33-32-47(50-28-13-14-30-52(49)50)44-26-17-27-45(36-44)48-34-35-54(53-31-16-15-29-51(48)53)58-39-57(42-22-9-3-10-23-42)61-59(62-58)43-24-11-4-12-25-43/h1-39H. The first-order valence-electron chi connectivity index (χ1n) is 21.0. The molecule has 3 nitrogen and oxygen atoms in total. The van der Waals surface area contributed by atoms with Crippen molar-refractivity contribution in [2.45, 2.75) is 0 Å². The molecule has 0 bridgehead atoms. The third-order valence-corrected chi connectivity index (χ3v) is 11.7. The highest BCUT2D eigenvalue weighted by Gasteiger charge is 2.17. The van der Waals surface area contributed by atoms with Crippen molar-refractivity contribution in [3.8, 4) is 89.8 Å². The quantitative estimate of drug-likeness (QED) is 0.154. The van der Waals surface area contributed by atoms with Crippen LogP contribution in [0.5, 0.6) is 0 Å². The van der Waals surface area contributed by atoms with Gasteiger partial charge in [-0.3, -0.25) is 0 Å². The normalized spacial score (nSPS) is 11.2. The molecule has 2 aromatic heterocycles. The van der Waals surface area contributed by atoms with Crippen LogP contribution in [0.25, 0.3) is 111 Å². The zero-order valence-electron chi connectivity index (χ0n) is 33.9. The molecule has 0 spiro atoms. The fourth-order valence-electron chi connectivity index (χ4n) is 8.69. The fraction of sp³-hybridized carbons (Fsp3) is 0. The molecule has 11 rings (SSSR count). The van der Waals surface area contributed by atoms with Crippen molar-refractivity contribution in [2.24, 2.45) is 0 Å². The molecule has 0 unspecified atom stereocenters. The number of hydrogen-bond acceptors (Lipinski definition) is 3. The number of benzene rings is 9. The fourth-order valence-corrected chi connectivity index (χ4v) is 8.69. The molecule has 0 aliphatic carbocycles. The Hall–Kier alpha value is -8.27. The zero-order chi connectivity index (χ0) is 41.2. The highest BCUT2D eigenvalue weighted by molar-refractivity contribution is 6.07. The SMILES string of the molecule is c1ccc(-c2cc(-c3ccc(-c4cccc(-c5ccc(-c6cc(-c7ccccc7)nc(-c7ccccc7)n6)c6ccccc56)c4)c4ccccc34)cc(-c3ccccc3)n2)cc1. The zero-order valence-corrected chi connectivity index (χ0v) is 33.9. The van der Waals surface area contributed by atoms with Crippen LogP contribution in [0.15, 0.2) is 237 Å². The van der Waals surface area contributed by atoms with E-state index in [1.807, 2.05) is 36.4 Å². The minimum Gasteiger partial charge on any atom is -0.248 e. The third kappa shape index (κ3) is 7.02. The molecule has 0 radical (unpaired) electrons. The summed E-state index contributed by atoms with van der Waals surface area (Å²) in [6.07, 6.45) is 0. The van der Waals surface area contributed by atoms with Crippen LogP contribution in [0, 0.1) is 0 Å². The van der Waals surface area contributed by atoms with Crippen LogP contribution in [-0.4, -0.2) is 15.0 Å². The highest BCUT2D eigenvalue weighted by Crippen LogP contribution is 2.41. The van der Waals surface area contributed by atoms with Gasteiger partial charge < -0.3 is 0 Å². The van der Waals surface area contributed by atoms with Crippen LogP contribution < -0.4 is 0 Å². The van der Waals surface area contributed by atoms with Gasteiger partial charge in [-0.05, 0) is 79.2 Å². The Morgan fingerprint density at radius 2 is 0.532 bits per heavy atom. The molecule has 2 heterocycles. The van der Waals surface area contributed by atoms with Crippen molar-refractivity contribution in [1.82, 2.24) is 15.0 Å². The lowest BCUT2D eigenvalue weighted by atomic mass is 9.89. The number of pyridine rings is 1. The molecule has 0 aliphatic rings. The van der Waals surface area contributed by atoms with Gasteiger partial charge in [-0.2, -0.15) is 0 Å². The maximum absolute atomic E-state index is 5.19. The summed E-state index contributed by atoms with van der Waals surface area (Å²) in [6, 6.07) is 83.5. The highest BCUT2D eigenvalue weighted by atomic mass is 14.9. The van der Waals surface area contributed by atoms with E-state index in [1.165, 1.54) is 38.4 Å². The van der Waals surface area contributed by atoms with Crippen molar-refractivity contribution in [3.63, 3.8) is 0 Å². The maximum atomic E-state index is 5.19. The average Bonchev–Trinajstić information content (AvgIpc) is 3.36. The first-order chi connectivity index (χ1) is 30.7. The minimum atomic E-state index is 0.707. The smallest absolute Gasteiger partial charge is 0.160 e. The summed E-state index contributed by atoms with van der Waals surface area (Å²) in [6.45, 7) is 0. The number of rotatable bonds is 8. The summed E-state index contributed by atoms with van der Waals surface area (Å²) in [7, 11) is 0. The molecule has 290 valence electrons. The van der Waals surface area contributed by atoms with Gasteiger partial charge in [-0.25, -0.2) is 15.0 Å². The van der Waals surface area contributed by atoms with Gasteiger partial charge in [0.05, 0.1) is 22.8 Å². The van der Waals surface area contributed by atoms with E-state index in [0.29, 0.717) is 5.82 Å². The summed E-state index contributed by atoms with van der Waals surface area (Å²) in [4.78, 5) is 15.4. The molecule has 62 heavy (non-hydrogen) atoms. The Bertz CT molecular complexity index is 3040. The minimum absolute atomic E-state index is 0.707. The summed E-state index contributed by atoms with van der Waals surface area (Å²) in [5.74, 6) is 0.707. The monoisotopic (exact) mass is 789 g/mol. The van der Waals surface area contributed by atoms with Gasteiger partial charge in [0.25, 0.3) is 0 Å². The third-order valence-electron chi connectivity index (χ3n) is 11.7. The largest absolute Gasteiger partial charge is 0.248 e. The number of aromatic nitrogens is 3.